The minimum atomic E-state index is -0.156. The van der Waals surface area contributed by atoms with E-state index in [9.17, 15) is 0 Å². The summed E-state index contributed by atoms with van der Waals surface area (Å²) in [6.07, 6.45) is 1.66. The Labute approximate surface area is 161 Å². The first-order chi connectivity index (χ1) is 13.3. The third-order valence-corrected chi connectivity index (χ3v) is 5.23. The highest BCUT2D eigenvalue weighted by atomic mass is 16.5. The van der Waals surface area contributed by atoms with E-state index in [-0.39, 0.29) is 25.2 Å². The van der Waals surface area contributed by atoms with E-state index >= 15 is 0 Å². The van der Waals surface area contributed by atoms with E-state index < -0.39 is 0 Å². The summed E-state index contributed by atoms with van der Waals surface area (Å²) in [5.74, 6) is 0. The number of benzene rings is 3. The van der Waals surface area contributed by atoms with Crippen molar-refractivity contribution >= 4 is 12.5 Å². The van der Waals surface area contributed by atoms with Crippen LogP contribution in [0.2, 0.25) is 0 Å². The van der Waals surface area contributed by atoms with E-state index in [1.807, 2.05) is 24.3 Å². The summed E-state index contributed by atoms with van der Waals surface area (Å²) in [5.41, 5.74) is 10.3. The smallest absolute Gasteiger partial charge is 0.413 e. The van der Waals surface area contributed by atoms with Crippen LogP contribution < -0.4 is 16.4 Å². The van der Waals surface area contributed by atoms with Crippen molar-refractivity contribution < 1.29 is 4.65 Å². The molecule has 3 aromatic rings. The molecule has 0 bridgehead atoms. The highest BCUT2D eigenvalue weighted by Gasteiger charge is 2.36. The first-order valence-corrected chi connectivity index (χ1v) is 9.60. The van der Waals surface area contributed by atoms with E-state index in [4.69, 9.17) is 10.4 Å². The Hall–Kier alpha value is -2.40. The first-order valence-electron chi connectivity index (χ1n) is 9.60. The molecule has 1 heterocycles. The Bertz CT molecular complexity index is 781. The van der Waals surface area contributed by atoms with E-state index in [2.05, 4.69) is 72.0 Å². The predicted molar refractivity (Wildman–Crippen MR) is 112 cm³/mol. The molecule has 3 atom stereocenters. The van der Waals surface area contributed by atoms with Crippen molar-refractivity contribution in [3.8, 4) is 0 Å². The van der Waals surface area contributed by atoms with Gasteiger partial charge in [0.2, 0.25) is 0 Å². The fourth-order valence-corrected chi connectivity index (χ4v) is 3.77. The van der Waals surface area contributed by atoms with Crippen molar-refractivity contribution in [2.75, 3.05) is 0 Å². The van der Waals surface area contributed by atoms with Gasteiger partial charge in [-0.25, -0.2) is 0 Å². The van der Waals surface area contributed by atoms with E-state index in [0.717, 1.165) is 18.3 Å². The summed E-state index contributed by atoms with van der Waals surface area (Å²) in [5, 5.41) is 3.66. The second-order valence-electron chi connectivity index (χ2n) is 7.18. The lowest BCUT2D eigenvalue weighted by atomic mass is 9.69. The van der Waals surface area contributed by atoms with Crippen LogP contribution in [0.15, 0.2) is 91.0 Å². The lowest BCUT2D eigenvalue weighted by Crippen LogP contribution is -2.59. The van der Waals surface area contributed by atoms with Gasteiger partial charge in [0.15, 0.2) is 0 Å². The molecule has 1 saturated heterocycles. The van der Waals surface area contributed by atoms with Crippen molar-refractivity contribution in [3.63, 3.8) is 0 Å². The van der Waals surface area contributed by atoms with Crippen LogP contribution in [-0.4, -0.2) is 19.2 Å². The molecule has 4 rings (SSSR count). The highest BCUT2D eigenvalue weighted by Crippen LogP contribution is 2.26. The minimum absolute atomic E-state index is 0.0122. The van der Waals surface area contributed by atoms with Gasteiger partial charge in [-0.3, -0.25) is 0 Å². The van der Waals surface area contributed by atoms with Gasteiger partial charge < -0.3 is 15.6 Å². The van der Waals surface area contributed by atoms with E-state index in [0.29, 0.717) is 0 Å². The van der Waals surface area contributed by atoms with Crippen molar-refractivity contribution in [1.82, 2.24) is 5.23 Å². The average molecular weight is 356 g/mol. The number of nitrogens with two attached hydrogens (primary N) is 1. The molecule has 3 aromatic carbocycles. The van der Waals surface area contributed by atoms with Crippen molar-refractivity contribution in [2.45, 2.75) is 31.0 Å². The van der Waals surface area contributed by atoms with Gasteiger partial charge in [-0.2, -0.15) is 0 Å². The lowest BCUT2D eigenvalue weighted by molar-refractivity contribution is 0.122. The molecule has 1 aliphatic rings. The van der Waals surface area contributed by atoms with Crippen molar-refractivity contribution in [3.05, 3.63) is 102 Å². The summed E-state index contributed by atoms with van der Waals surface area (Å²) in [4.78, 5) is 0. The number of rotatable bonds is 5. The molecule has 0 aliphatic carbocycles. The van der Waals surface area contributed by atoms with Gasteiger partial charge in [0.05, 0.1) is 6.10 Å². The molecule has 136 valence electrons. The zero-order chi connectivity index (χ0) is 18.5. The van der Waals surface area contributed by atoms with Gasteiger partial charge in [0.1, 0.15) is 0 Å². The molecule has 0 unspecified atom stereocenters. The van der Waals surface area contributed by atoms with Crippen LogP contribution in [0.4, 0.5) is 0 Å². The maximum Gasteiger partial charge on any atom is 0.416 e. The Morgan fingerprint density at radius 2 is 1.48 bits per heavy atom. The Balaban J connectivity index is 1.56. The molecular formula is C23H25BN2O. The third-order valence-electron chi connectivity index (χ3n) is 5.23. The monoisotopic (exact) mass is 356 g/mol. The molecule has 1 fully saturated rings. The van der Waals surface area contributed by atoms with E-state index in [1.165, 1.54) is 11.1 Å². The number of hydrogen-bond acceptors (Lipinski definition) is 3. The molecular weight excluding hydrogens is 331 g/mol. The quantitative estimate of drug-likeness (QED) is 0.691. The number of hydrogen-bond donors (Lipinski definition) is 2. The van der Waals surface area contributed by atoms with Gasteiger partial charge in [0, 0.05) is 12.1 Å². The largest absolute Gasteiger partial charge is 0.416 e. The van der Waals surface area contributed by atoms with Crippen molar-refractivity contribution in [2.24, 2.45) is 5.73 Å². The molecule has 27 heavy (non-hydrogen) atoms. The molecule has 0 spiro atoms. The topological polar surface area (TPSA) is 47.3 Å². The molecule has 0 amide bonds. The summed E-state index contributed by atoms with van der Waals surface area (Å²) in [6, 6.07) is 31.5. The summed E-state index contributed by atoms with van der Waals surface area (Å²) < 4.78 is 6.42. The van der Waals surface area contributed by atoms with Gasteiger partial charge in [-0.1, -0.05) is 91.0 Å². The standard InChI is InChI=1S/C23H25BN2O/c25-21(16-18-10-4-1-5-11-18)23-17-22(19-12-6-2-7-13-19)26-24(27-23)20-14-8-3-9-15-20/h1-15,21-23,26H,16-17,25H2/t21-,22+,23-/m0/s1. The fraction of sp³-hybridized carbons (Fsp3) is 0.217. The Kier molecular flexibility index (Phi) is 5.68. The molecule has 0 saturated carbocycles. The van der Waals surface area contributed by atoms with Crippen LogP contribution in [0.25, 0.3) is 0 Å². The van der Waals surface area contributed by atoms with Crippen LogP contribution >= 0.6 is 0 Å². The average Bonchev–Trinajstić information content (AvgIpc) is 2.75. The molecule has 0 radical (unpaired) electrons. The van der Waals surface area contributed by atoms with Crippen LogP contribution in [0, 0.1) is 0 Å². The minimum Gasteiger partial charge on any atom is -0.413 e. The zero-order valence-corrected chi connectivity index (χ0v) is 15.4. The normalized spacial score (nSPS) is 21.0. The third kappa shape index (κ3) is 4.48. The highest BCUT2D eigenvalue weighted by molar-refractivity contribution is 6.65. The first kappa shape index (κ1) is 18.0. The second-order valence-corrected chi connectivity index (χ2v) is 7.18. The Morgan fingerprint density at radius 3 is 2.15 bits per heavy atom. The molecule has 3 N–H and O–H groups in total. The van der Waals surface area contributed by atoms with Crippen LogP contribution in [-0.2, 0) is 11.1 Å². The zero-order valence-electron chi connectivity index (χ0n) is 15.4. The van der Waals surface area contributed by atoms with Gasteiger partial charge in [-0.15, -0.1) is 0 Å². The molecule has 0 aromatic heterocycles. The molecule has 1 aliphatic heterocycles. The fourth-order valence-electron chi connectivity index (χ4n) is 3.77. The van der Waals surface area contributed by atoms with Gasteiger partial charge in [0.25, 0.3) is 0 Å². The van der Waals surface area contributed by atoms with Crippen LogP contribution in [0.3, 0.4) is 0 Å². The summed E-state index contributed by atoms with van der Waals surface area (Å²) >= 11 is 0. The molecule has 4 heteroatoms. The SMILES string of the molecule is N[C@@H](Cc1ccccc1)[C@@H]1C[C@H](c2ccccc2)NB(c2ccccc2)O1. The predicted octanol–water partition coefficient (Wildman–Crippen LogP) is 3.07. The van der Waals surface area contributed by atoms with Gasteiger partial charge in [-0.05, 0) is 29.4 Å². The summed E-state index contributed by atoms with van der Waals surface area (Å²) in [7, 11) is -0.156. The number of nitrogens with one attached hydrogen (secondary N) is 1. The maximum absolute atomic E-state index is 6.61. The Morgan fingerprint density at radius 1 is 0.889 bits per heavy atom. The maximum atomic E-state index is 6.61. The molecule has 3 nitrogen and oxygen atoms in total. The van der Waals surface area contributed by atoms with E-state index in [1.54, 1.807) is 0 Å². The summed E-state index contributed by atoms with van der Waals surface area (Å²) in [6.45, 7) is 0. The van der Waals surface area contributed by atoms with Crippen LogP contribution in [0.5, 0.6) is 0 Å². The lowest BCUT2D eigenvalue weighted by Gasteiger charge is -2.38. The van der Waals surface area contributed by atoms with Crippen molar-refractivity contribution in [1.29, 1.82) is 0 Å². The second kappa shape index (κ2) is 8.53. The van der Waals surface area contributed by atoms with Crippen LogP contribution in [0.1, 0.15) is 23.6 Å². The van der Waals surface area contributed by atoms with Gasteiger partial charge >= 0.3 is 7.05 Å².